The van der Waals surface area contributed by atoms with Gasteiger partial charge in [0.25, 0.3) is 5.91 Å². The molecule has 0 spiro atoms. The number of nitrogens with zero attached hydrogens (tertiary/aromatic N) is 2. The lowest BCUT2D eigenvalue weighted by Crippen LogP contribution is -2.41. The van der Waals surface area contributed by atoms with Crippen LogP contribution in [-0.2, 0) is 9.63 Å². The third-order valence-corrected chi connectivity index (χ3v) is 3.28. The van der Waals surface area contributed by atoms with Crippen LogP contribution in [0.15, 0.2) is 16.8 Å². The summed E-state index contributed by atoms with van der Waals surface area (Å²) in [5.41, 5.74) is 7.63. The van der Waals surface area contributed by atoms with Crippen molar-refractivity contribution in [3.8, 4) is 0 Å². The Balaban J connectivity index is 5.31. The van der Waals surface area contributed by atoms with E-state index in [1.807, 2.05) is 0 Å². The normalized spacial score (nSPS) is 14.8. The van der Waals surface area contributed by atoms with E-state index in [0.29, 0.717) is 5.70 Å². The highest BCUT2D eigenvalue weighted by Crippen LogP contribution is 2.08. The molecule has 0 bridgehead atoms. The highest BCUT2D eigenvalue weighted by Gasteiger charge is 2.21. The number of alkyl halides is 1. The van der Waals surface area contributed by atoms with Crippen LogP contribution in [0.5, 0.6) is 0 Å². The van der Waals surface area contributed by atoms with Gasteiger partial charge in [-0.25, -0.2) is 9.87 Å². The van der Waals surface area contributed by atoms with E-state index < -0.39 is 17.7 Å². The molecule has 0 aromatic rings. The Kier molecular flexibility index (Phi) is 9.72. The zero-order valence-electron chi connectivity index (χ0n) is 15.5. The zero-order valence-corrected chi connectivity index (χ0v) is 15.5. The van der Waals surface area contributed by atoms with Crippen molar-refractivity contribution in [3.05, 3.63) is 11.8 Å². The molecule has 0 radical (unpaired) electrons. The van der Waals surface area contributed by atoms with E-state index in [9.17, 15) is 9.18 Å². The first-order valence-corrected chi connectivity index (χ1v) is 7.89. The smallest absolute Gasteiger partial charge is 0.293 e. The highest BCUT2D eigenvalue weighted by molar-refractivity contribution is 6.43. The van der Waals surface area contributed by atoms with Gasteiger partial charge in [0.05, 0.1) is 13.2 Å². The fraction of sp³-hybridized carbons (Fsp3) is 0.750. The van der Waals surface area contributed by atoms with Crippen molar-refractivity contribution in [1.29, 1.82) is 0 Å². The lowest BCUT2D eigenvalue weighted by atomic mass is 10.1. The lowest BCUT2D eigenvalue weighted by Gasteiger charge is -2.22. The van der Waals surface area contributed by atoms with Crippen LogP contribution in [0.1, 0.15) is 27.7 Å². The Morgan fingerprint density at radius 3 is 2.46 bits per heavy atom. The molecule has 7 nitrogen and oxygen atoms in total. The molecule has 140 valence electrons. The summed E-state index contributed by atoms with van der Waals surface area (Å²) in [5.74, 6) is -0.824. The van der Waals surface area contributed by atoms with Crippen molar-refractivity contribution < 1.29 is 19.1 Å². The summed E-state index contributed by atoms with van der Waals surface area (Å²) in [5, 5.41) is 9.15. The molecule has 24 heavy (non-hydrogen) atoms. The van der Waals surface area contributed by atoms with Crippen LogP contribution in [0.3, 0.4) is 0 Å². The van der Waals surface area contributed by atoms with Crippen LogP contribution in [-0.4, -0.2) is 67.2 Å². The summed E-state index contributed by atoms with van der Waals surface area (Å²) in [4.78, 5) is 23.3. The zero-order chi connectivity index (χ0) is 18.9. The van der Waals surface area contributed by atoms with Gasteiger partial charge in [-0.05, 0) is 25.8 Å². The Morgan fingerprint density at radius 2 is 2.04 bits per heavy atom. The molecule has 4 N–H and O–H groups in total. The fourth-order valence-electron chi connectivity index (χ4n) is 1.38. The molecule has 0 saturated heterocycles. The molecule has 0 aliphatic carbocycles. The number of aliphatic hydroxyl groups is 1. The monoisotopic (exact) mass is 346 g/mol. The minimum atomic E-state index is -1.16. The minimum absolute atomic E-state index is 0.0150. The van der Waals surface area contributed by atoms with Crippen molar-refractivity contribution in [2.45, 2.75) is 39.5 Å². The number of hydrogen-bond acceptors (Lipinski definition) is 6. The highest BCUT2D eigenvalue weighted by atomic mass is 19.1. The summed E-state index contributed by atoms with van der Waals surface area (Å²) in [6.45, 7) is 6.50. The average molecular weight is 346 g/mol. The van der Waals surface area contributed by atoms with Gasteiger partial charge in [-0.15, -0.1) is 0 Å². The molecule has 0 aliphatic heterocycles. The van der Waals surface area contributed by atoms with Crippen molar-refractivity contribution in [2.24, 2.45) is 16.6 Å². The summed E-state index contributed by atoms with van der Waals surface area (Å²) in [7, 11) is 3.57. The number of amides is 1. The number of hydroxylamine groups is 1. The van der Waals surface area contributed by atoms with Crippen molar-refractivity contribution in [2.75, 3.05) is 33.8 Å². The van der Waals surface area contributed by atoms with E-state index in [4.69, 9.17) is 15.7 Å². The maximum absolute atomic E-state index is 13.8. The molecule has 0 heterocycles. The quantitative estimate of drug-likeness (QED) is 0.398. The molecule has 0 fully saturated rings. The minimum Gasteiger partial charge on any atom is -0.393 e. The number of rotatable bonds is 10. The number of likely N-dealkylation sites (N-methyl/N-ethyl adjacent to an activating group) is 1. The summed E-state index contributed by atoms with van der Waals surface area (Å²) in [6, 6.07) is 0. The van der Waals surface area contributed by atoms with E-state index in [-0.39, 0.29) is 31.3 Å². The molecule has 0 rings (SSSR count). The van der Waals surface area contributed by atoms with Crippen LogP contribution in [0, 0.1) is 5.92 Å². The summed E-state index contributed by atoms with van der Waals surface area (Å²) >= 11 is 0. The number of aliphatic imine (C=N–C) groups is 1. The van der Waals surface area contributed by atoms with Crippen LogP contribution in [0.4, 0.5) is 4.39 Å². The van der Waals surface area contributed by atoms with Crippen LogP contribution < -0.4 is 11.2 Å². The van der Waals surface area contributed by atoms with Gasteiger partial charge < -0.3 is 15.7 Å². The summed E-state index contributed by atoms with van der Waals surface area (Å²) < 4.78 is 13.8. The van der Waals surface area contributed by atoms with Gasteiger partial charge in [0.2, 0.25) is 0 Å². The summed E-state index contributed by atoms with van der Waals surface area (Å²) in [6.07, 6.45) is 0.342. The molecular formula is C16H31FN4O3. The van der Waals surface area contributed by atoms with E-state index in [0.717, 1.165) is 0 Å². The SMILES string of the molecule is CC(C)C(F)CN=C(/C=C(\CN)N(C)C)C(=O)NOC(C)(C)CO. The number of nitrogens with one attached hydrogen (secondary N) is 1. The average Bonchev–Trinajstić information content (AvgIpc) is 2.52. The van der Waals surface area contributed by atoms with Crippen molar-refractivity contribution >= 4 is 11.6 Å². The molecule has 0 saturated carbocycles. The van der Waals surface area contributed by atoms with E-state index in [2.05, 4.69) is 10.5 Å². The Morgan fingerprint density at radius 1 is 1.46 bits per heavy atom. The van der Waals surface area contributed by atoms with Gasteiger partial charge in [0.15, 0.2) is 0 Å². The number of aliphatic hydroxyl groups excluding tert-OH is 1. The predicted molar refractivity (Wildman–Crippen MR) is 93.3 cm³/mol. The van der Waals surface area contributed by atoms with Crippen molar-refractivity contribution in [3.63, 3.8) is 0 Å². The first-order chi connectivity index (χ1) is 11.0. The second-order valence-corrected chi connectivity index (χ2v) is 6.67. The fourth-order valence-corrected chi connectivity index (χ4v) is 1.38. The molecule has 1 unspecified atom stereocenters. The maximum atomic E-state index is 13.8. The number of hydrogen-bond donors (Lipinski definition) is 3. The van der Waals surface area contributed by atoms with E-state index >= 15 is 0 Å². The Bertz CT molecular complexity index is 462. The molecule has 0 aromatic carbocycles. The molecule has 1 atom stereocenters. The number of carbonyl (C=O) groups is 1. The van der Waals surface area contributed by atoms with Gasteiger partial charge in [-0.2, -0.15) is 0 Å². The molecule has 1 amide bonds. The first-order valence-electron chi connectivity index (χ1n) is 7.89. The van der Waals surface area contributed by atoms with Crippen LogP contribution in [0.25, 0.3) is 0 Å². The van der Waals surface area contributed by atoms with Gasteiger partial charge >= 0.3 is 0 Å². The third kappa shape index (κ3) is 8.37. The molecule has 0 aliphatic rings. The molecule has 8 heteroatoms. The van der Waals surface area contributed by atoms with Crippen molar-refractivity contribution in [1.82, 2.24) is 10.4 Å². The molecular weight excluding hydrogens is 315 g/mol. The second kappa shape index (κ2) is 10.4. The standard InChI is InChI=1S/C16H31FN4O3/c1-11(2)13(17)9-19-14(7-12(8-18)21(5)6)15(23)20-24-16(3,4)10-22/h7,11,13,22H,8-10,18H2,1-6H3,(H,20,23)/b12-7+,19-14?. The van der Waals surface area contributed by atoms with Crippen LogP contribution >= 0.6 is 0 Å². The van der Waals surface area contributed by atoms with Crippen LogP contribution in [0.2, 0.25) is 0 Å². The third-order valence-electron chi connectivity index (χ3n) is 3.28. The van der Waals surface area contributed by atoms with Gasteiger partial charge in [-0.1, -0.05) is 13.8 Å². The second-order valence-electron chi connectivity index (χ2n) is 6.67. The molecule has 0 aromatic heterocycles. The predicted octanol–water partition coefficient (Wildman–Crippen LogP) is 0.644. The topological polar surface area (TPSA) is 100 Å². The number of nitrogens with two attached hydrogens (primary N) is 1. The first kappa shape index (κ1) is 22.5. The van der Waals surface area contributed by atoms with Gasteiger partial charge in [0.1, 0.15) is 17.5 Å². The van der Waals surface area contributed by atoms with Gasteiger partial charge in [-0.3, -0.25) is 14.6 Å². The Labute approximate surface area is 143 Å². The maximum Gasteiger partial charge on any atom is 0.293 e. The largest absolute Gasteiger partial charge is 0.393 e. The lowest BCUT2D eigenvalue weighted by molar-refractivity contribution is -0.146. The van der Waals surface area contributed by atoms with Gasteiger partial charge in [0, 0.05) is 26.3 Å². The van der Waals surface area contributed by atoms with E-state index in [1.165, 1.54) is 6.08 Å². The number of carbonyl (C=O) groups excluding carboxylic acids is 1. The Hall–Kier alpha value is -1.51. The van der Waals surface area contributed by atoms with E-state index in [1.54, 1.807) is 46.7 Å². The number of halogens is 1.